The van der Waals surface area contributed by atoms with Crippen LogP contribution in [0.25, 0.3) is 5.65 Å². The first-order valence-corrected chi connectivity index (χ1v) is 4.15. The van der Waals surface area contributed by atoms with Crippen LogP contribution in [0.1, 0.15) is 17.0 Å². The molecule has 64 valence electrons. The van der Waals surface area contributed by atoms with E-state index in [9.17, 15) is 0 Å². The van der Waals surface area contributed by atoms with Gasteiger partial charge in [0.15, 0.2) is 0 Å². The van der Waals surface area contributed by atoms with Crippen molar-refractivity contribution in [3.8, 4) is 12.3 Å². The molecular formula is C11H10N2. The third kappa shape index (κ3) is 1.01. The monoisotopic (exact) mass is 170 g/mol. The van der Waals surface area contributed by atoms with E-state index in [4.69, 9.17) is 6.42 Å². The number of pyridine rings is 1. The average molecular weight is 170 g/mol. The predicted molar refractivity (Wildman–Crippen MR) is 52.6 cm³/mol. The van der Waals surface area contributed by atoms with Gasteiger partial charge >= 0.3 is 0 Å². The number of aromatic nitrogens is 2. The smallest absolute Gasteiger partial charge is 0.141 e. The molecule has 0 radical (unpaired) electrons. The summed E-state index contributed by atoms with van der Waals surface area (Å²) in [5.74, 6) is 2.58. The van der Waals surface area contributed by atoms with Gasteiger partial charge in [0.2, 0.25) is 0 Å². The van der Waals surface area contributed by atoms with Crippen molar-refractivity contribution in [3.63, 3.8) is 0 Å². The van der Waals surface area contributed by atoms with Crippen molar-refractivity contribution in [2.45, 2.75) is 13.8 Å². The third-order valence-electron chi connectivity index (χ3n) is 2.22. The van der Waals surface area contributed by atoms with Gasteiger partial charge in [0.25, 0.3) is 0 Å². The van der Waals surface area contributed by atoms with Gasteiger partial charge in [-0.1, -0.05) is 6.07 Å². The summed E-state index contributed by atoms with van der Waals surface area (Å²) in [6.07, 6.45) is 7.32. The normalized spacial score (nSPS) is 10.2. The molecule has 2 heterocycles. The second-order valence-electron chi connectivity index (χ2n) is 3.07. The van der Waals surface area contributed by atoms with E-state index in [1.165, 1.54) is 0 Å². The van der Waals surface area contributed by atoms with Crippen molar-refractivity contribution in [2.75, 3.05) is 0 Å². The summed E-state index contributed by atoms with van der Waals surface area (Å²) < 4.78 is 2.02. The Hall–Kier alpha value is -1.75. The van der Waals surface area contributed by atoms with Gasteiger partial charge in [-0.15, -0.1) is 6.42 Å². The molecule has 0 aliphatic rings. The Morgan fingerprint density at radius 1 is 1.46 bits per heavy atom. The fourth-order valence-corrected chi connectivity index (χ4v) is 1.46. The molecule has 0 amide bonds. The SMILES string of the molecule is C#Cc1nc2c(C)cccn2c1C. The highest BCUT2D eigenvalue weighted by Gasteiger charge is 2.06. The van der Waals surface area contributed by atoms with Gasteiger partial charge in [0, 0.05) is 6.20 Å². The van der Waals surface area contributed by atoms with Crippen molar-refractivity contribution in [2.24, 2.45) is 0 Å². The molecule has 0 aliphatic heterocycles. The largest absolute Gasteiger partial charge is 0.303 e. The predicted octanol–water partition coefficient (Wildman–Crippen LogP) is 1.93. The number of nitrogens with zero attached hydrogens (tertiary/aromatic N) is 2. The Morgan fingerprint density at radius 3 is 2.85 bits per heavy atom. The molecule has 2 aromatic rings. The minimum atomic E-state index is 0.731. The Labute approximate surface area is 77.2 Å². The molecule has 2 nitrogen and oxygen atoms in total. The number of hydrogen-bond donors (Lipinski definition) is 0. The molecule has 0 bridgehead atoms. The van der Waals surface area contributed by atoms with Crippen LogP contribution >= 0.6 is 0 Å². The van der Waals surface area contributed by atoms with Crippen molar-refractivity contribution in [1.82, 2.24) is 9.38 Å². The molecule has 2 heteroatoms. The molecule has 0 aliphatic carbocycles. The van der Waals surface area contributed by atoms with E-state index < -0.39 is 0 Å². The average Bonchev–Trinajstić information content (AvgIpc) is 2.45. The molecule has 0 saturated heterocycles. The first-order chi connectivity index (χ1) is 6.24. The standard InChI is InChI=1S/C11H10N2/c1-4-10-9(3)13-7-5-6-8(2)11(13)12-10/h1,5-7H,2-3H3. The molecule has 0 spiro atoms. The summed E-state index contributed by atoms with van der Waals surface area (Å²) in [5.41, 5.74) is 3.86. The highest BCUT2D eigenvalue weighted by atomic mass is 15.0. The highest BCUT2D eigenvalue weighted by molar-refractivity contribution is 5.52. The number of aryl methyl sites for hydroxylation is 2. The van der Waals surface area contributed by atoms with Crippen LogP contribution in [0.3, 0.4) is 0 Å². The van der Waals surface area contributed by atoms with Crippen molar-refractivity contribution >= 4 is 5.65 Å². The fourth-order valence-electron chi connectivity index (χ4n) is 1.46. The van der Waals surface area contributed by atoms with E-state index >= 15 is 0 Å². The van der Waals surface area contributed by atoms with E-state index in [-0.39, 0.29) is 0 Å². The van der Waals surface area contributed by atoms with Gasteiger partial charge in [-0.2, -0.15) is 0 Å². The first kappa shape index (κ1) is 7.88. The number of terminal acetylenes is 1. The zero-order chi connectivity index (χ0) is 9.42. The molecule has 2 aromatic heterocycles. The Kier molecular flexibility index (Phi) is 1.60. The molecule has 0 saturated carbocycles. The lowest BCUT2D eigenvalue weighted by Crippen LogP contribution is -1.88. The van der Waals surface area contributed by atoms with E-state index in [0.717, 1.165) is 22.6 Å². The number of rotatable bonds is 0. The highest BCUT2D eigenvalue weighted by Crippen LogP contribution is 2.13. The minimum absolute atomic E-state index is 0.731. The summed E-state index contributed by atoms with van der Waals surface area (Å²) in [7, 11) is 0. The minimum Gasteiger partial charge on any atom is -0.303 e. The maximum absolute atomic E-state index is 5.34. The second-order valence-corrected chi connectivity index (χ2v) is 3.07. The van der Waals surface area contributed by atoms with Crippen LogP contribution in [0.15, 0.2) is 18.3 Å². The molecule has 2 rings (SSSR count). The van der Waals surface area contributed by atoms with Crippen LogP contribution in [0.5, 0.6) is 0 Å². The second kappa shape index (κ2) is 2.63. The molecule has 13 heavy (non-hydrogen) atoms. The van der Waals surface area contributed by atoms with Crippen molar-refractivity contribution in [3.05, 3.63) is 35.3 Å². The van der Waals surface area contributed by atoms with E-state index in [2.05, 4.69) is 10.9 Å². The van der Waals surface area contributed by atoms with Crippen molar-refractivity contribution in [1.29, 1.82) is 0 Å². The van der Waals surface area contributed by atoms with Gasteiger partial charge in [-0.25, -0.2) is 4.98 Å². The van der Waals surface area contributed by atoms with Gasteiger partial charge < -0.3 is 4.40 Å². The Balaban J connectivity index is 2.94. The molecule has 0 fully saturated rings. The topological polar surface area (TPSA) is 17.3 Å². The van der Waals surface area contributed by atoms with Crippen LogP contribution < -0.4 is 0 Å². The van der Waals surface area contributed by atoms with Gasteiger partial charge in [0.1, 0.15) is 11.3 Å². The maximum atomic E-state index is 5.34. The van der Waals surface area contributed by atoms with Gasteiger partial charge in [-0.3, -0.25) is 0 Å². The summed E-state index contributed by atoms with van der Waals surface area (Å²) in [5, 5.41) is 0. The molecular weight excluding hydrogens is 160 g/mol. The third-order valence-corrected chi connectivity index (χ3v) is 2.22. The summed E-state index contributed by atoms with van der Waals surface area (Å²) in [4.78, 5) is 4.36. The lowest BCUT2D eigenvalue weighted by Gasteiger charge is -1.97. The molecule has 0 atom stereocenters. The van der Waals surface area contributed by atoms with Crippen molar-refractivity contribution < 1.29 is 0 Å². The Bertz CT molecular complexity index is 501. The first-order valence-electron chi connectivity index (χ1n) is 4.15. The molecule has 0 N–H and O–H groups in total. The lowest BCUT2D eigenvalue weighted by atomic mass is 10.3. The van der Waals surface area contributed by atoms with E-state index in [0.29, 0.717) is 0 Å². The van der Waals surface area contributed by atoms with Crippen LogP contribution in [0.2, 0.25) is 0 Å². The molecule has 0 unspecified atom stereocenters. The number of hydrogen-bond acceptors (Lipinski definition) is 1. The lowest BCUT2D eigenvalue weighted by molar-refractivity contribution is 1.09. The van der Waals surface area contributed by atoms with E-state index in [1.54, 1.807) is 0 Å². The van der Waals surface area contributed by atoms with Crippen LogP contribution in [0, 0.1) is 26.2 Å². The maximum Gasteiger partial charge on any atom is 0.141 e. The van der Waals surface area contributed by atoms with Crippen LogP contribution in [-0.2, 0) is 0 Å². The van der Waals surface area contributed by atoms with Gasteiger partial charge in [-0.05, 0) is 31.4 Å². The molecule has 0 aromatic carbocycles. The van der Waals surface area contributed by atoms with Crippen LogP contribution in [-0.4, -0.2) is 9.38 Å². The number of imidazole rings is 1. The Morgan fingerprint density at radius 2 is 2.23 bits per heavy atom. The summed E-state index contributed by atoms with van der Waals surface area (Å²) >= 11 is 0. The fraction of sp³-hybridized carbons (Fsp3) is 0.182. The number of fused-ring (bicyclic) bond motifs is 1. The quantitative estimate of drug-likeness (QED) is 0.552. The zero-order valence-electron chi connectivity index (χ0n) is 7.70. The zero-order valence-corrected chi connectivity index (χ0v) is 7.70. The summed E-state index contributed by atoms with van der Waals surface area (Å²) in [6.45, 7) is 4.01. The van der Waals surface area contributed by atoms with E-state index in [1.807, 2.05) is 36.6 Å². The summed E-state index contributed by atoms with van der Waals surface area (Å²) in [6, 6.07) is 4.03. The van der Waals surface area contributed by atoms with Crippen LogP contribution in [0.4, 0.5) is 0 Å². The van der Waals surface area contributed by atoms with Gasteiger partial charge in [0.05, 0.1) is 5.69 Å².